The van der Waals surface area contributed by atoms with Crippen LogP contribution in [0.2, 0.25) is 0 Å². The summed E-state index contributed by atoms with van der Waals surface area (Å²) in [5.41, 5.74) is 6.91. The number of hydrogen-bond donors (Lipinski definition) is 1. The van der Waals surface area contributed by atoms with Gasteiger partial charge in [-0.1, -0.05) is 13.8 Å². The predicted molar refractivity (Wildman–Crippen MR) is 79.7 cm³/mol. The van der Waals surface area contributed by atoms with Crippen LogP contribution in [-0.4, -0.2) is 43.4 Å². The third-order valence-corrected chi connectivity index (χ3v) is 3.28. The zero-order valence-electron chi connectivity index (χ0n) is 13.1. The second kappa shape index (κ2) is 6.39. The molecule has 0 aromatic carbocycles. The van der Waals surface area contributed by atoms with Crippen LogP contribution >= 0.6 is 0 Å². The van der Waals surface area contributed by atoms with Crippen LogP contribution in [-0.2, 0) is 4.74 Å². The van der Waals surface area contributed by atoms with Gasteiger partial charge in [0.1, 0.15) is 0 Å². The molecule has 0 aliphatic rings. The largest absolute Gasteiger partial charge is 0.383 e. The number of imidazole rings is 1. The molecule has 1 rings (SSSR count). The standard InChI is InChI=1S/C14H28N4O/c1-11-7-18(12(2)8-19-6)13(16-11)17(5)10-14(3,4)9-15/h7,12H,8-10,15H2,1-6H3. The average Bonchev–Trinajstić information content (AvgIpc) is 2.71. The molecule has 1 heterocycles. The molecular formula is C14H28N4O. The lowest BCUT2D eigenvalue weighted by Crippen LogP contribution is -2.38. The molecule has 0 radical (unpaired) electrons. The number of methoxy groups -OCH3 is 1. The van der Waals surface area contributed by atoms with Crippen molar-refractivity contribution >= 4 is 5.95 Å². The van der Waals surface area contributed by atoms with Crippen LogP contribution in [0.3, 0.4) is 0 Å². The van der Waals surface area contributed by atoms with Crippen LogP contribution in [0, 0.1) is 12.3 Å². The Balaban J connectivity index is 2.93. The highest BCUT2D eigenvalue weighted by molar-refractivity contribution is 5.33. The lowest BCUT2D eigenvalue weighted by molar-refractivity contribution is 0.162. The lowest BCUT2D eigenvalue weighted by Gasteiger charge is -2.30. The molecule has 5 nitrogen and oxygen atoms in total. The molecular weight excluding hydrogens is 240 g/mol. The number of ether oxygens (including phenoxy) is 1. The van der Waals surface area contributed by atoms with E-state index in [1.54, 1.807) is 7.11 Å². The number of aromatic nitrogens is 2. The van der Waals surface area contributed by atoms with E-state index in [2.05, 4.69) is 48.5 Å². The maximum absolute atomic E-state index is 5.81. The van der Waals surface area contributed by atoms with Gasteiger partial charge in [0.15, 0.2) is 0 Å². The molecule has 110 valence electrons. The summed E-state index contributed by atoms with van der Waals surface area (Å²) in [4.78, 5) is 6.80. The third-order valence-electron chi connectivity index (χ3n) is 3.28. The summed E-state index contributed by atoms with van der Waals surface area (Å²) in [5.74, 6) is 0.976. The summed E-state index contributed by atoms with van der Waals surface area (Å²) < 4.78 is 7.41. The molecule has 19 heavy (non-hydrogen) atoms. The van der Waals surface area contributed by atoms with Crippen LogP contribution in [0.4, 0.5) is 5.95 Å². The van der Waals surface area contributed by atoms with Gasteiger partial charge in [0, 0.05) is 26.9 Å². The van der Waals surface area contributed by atoms with E-state index in [-0.39, 0.29) is 11.5 Å². The molecule has 0 bridgehead atoms. The van der Waals surface area contributed by atoms with E-state index in [1.807, 2.05) is 6.92 Å². The fourth-order valence-corrected chi connectivity index (χ4v) is 2.21. The first-order chi connectivity index (χ1) is 8.80. The summed E-state index contributed by atoms with van der Waals surface area (Å²) in [6, 6.07) is 0.268. The van der Waals surface area contributed by atoms with E-state index >= 15 is 0 Å². The van der Waals surface area contributed by atoms with E-state index < -0.39 is 0 Å². The number of hydrogen-bond acceptors (Lipinski definition) is 4. The lowest BCUT2D eigenvalue weighted by atomic mass is 9.93. The maximum Gasteiger partial charge on any atom is 0.205 e. The van der Waals surface area contributed by atoms with E-state index in [0.29, 0.717) is 13.2 Å². The summed E-state index contributed by atoms with van der Waals surface area (Å²) in [5, 5.41) is 0. The van der Waals surface area contributed by atoms with Crippen molar-refractivity contribution in [3.8, 4) is 0 Å². The Kier molecular flexibility index (Phi) is 5.38. The van der Waals surface area contributed by atoms with Crippen molar-refractivity contribution in [3.05, 3.63) is 11.9 Å². The zero-order chi connectivity index (χ0) is 14.6. The van der Waals surface area contributed by atoms with Crippen LogP contribution in [0.15, 0.2) is 6.20 Å². The molecule has 0 aliphatic heterocycles. The number of anilines is 1. The Morgan fingerprint density at radius 3 is 2.68 bits per heavy atom. The van der Waals surface area contributed by atoms with E-state index in [1.165, 1.54) is 0 Å². The van der Waals surface area contributed by atoms with Crippen LogP contribution in [0.5, 0.6) is 0 Å². The van der Waals surface area contributed by atoms with Gasteiger partial charge >= 0.3 is 0 Å². The SMILES string of the molecule is COCC(C)n1cc(C)nc1N(C)CC(C)(C)CN. The van der Waals surface area contributed by atoms with E-state index in [9.17, 15) is 0 Å². The molecule has 2 N–H and O–H groups in total. The summed E-state index contributed by atoms with van der Waals surface area (Å²) in [6.07, 6.45) is 2.07. The Bertz CT molecular complexity index is 400. The van der Waals surface area contributed by atoms with Gasteiger partial charge in [0.25, 0.3) is 0 Å². The number of nitrogens with zero attached hydrogens (tertiary/aromatic N) is 3. The van der Waals surface area contributed by atoms with Crippen LogP contribution in [0.1, 0.15) is 32.5 Å². The van der Waals surface area contributed by atoms with Gasteiger partial charge in [-0.25, -0.2) is 4.98 Å². The predicted octanol–water partition coefficient (Wildman–Crippen LogP) is 1.82. The molecule has 5 heteroatoms. The molecule has 0 spiro atoms. The van der Waals surface area contributed by atoms with Crippen molar-refractivity contribution in [2.45, 2.75) is 33.7 Å². The first-order valence-electron chi connectivity index (χ1n) is 6.76. The molecule has 0 fully saturated rings. The molecule has 0 saturated carbocycles. The average molecular weight is 268 g/mol. The van der Waals surface area contributed by atoms with Gasteiger partial charge in [-0.2, -0.15) is 0 Å². The van der Waals surface area contributed by atoms with Crippen LogP contribution in [0.25, 0.3) is 0 Å². The van der Waals surface area contributed by atoms with Crippen LogP contribution < -0.4 is 10.6 Å². The first-order valence-corrected chi connectivity index (χ1v) is 6.76. The fourth-order valence-electron chi connectivity index (χ4n) is 2.21. The molecule has 0 aliphatic carbocycles. The summed E-state index contributed by atoms with van der Waals surface area (Å²) >= 11 is 0. The Labute approximate surface area is 116 Å². The molecule has 1 atom stereocenters. The fraction of sp³-hybridized carbons (Fsp3) is 0.786. The Morgan fingerprint density at radius 2 is 2.16 bits per heavy atom. The van der Waals surface area contributed by atoms with Gasteiger partial charge in [-0.3, -0.25) is 0 Å². The van der Waals surface area contributed by atoms with Crippen molar-refractivity contribution in [2.24, 2.45) is 11.1 Å². The van der Waals surface area contributed by atoms with E-state index in [4.69, 9.17) is 10.5 Å². The number of aryl methyl sites for hydroxylation is 1. The van der Waals surface area contributed by atoms with Gasteiger partial charge in [-0.05, 0) is 25.8 Å². The summed E-state index contributed by atoms with van der Waals surface area (Å²) in [6.45, 7) is 10.7. The minimum atomic E-state index is 0.0733. The number of nitrogens with two attached hydrogens (primary N) is 1. The molecule has 1 aromatic heterocycles. The molecule has 0 saturated heterocycles. The van der Waals surface area contributed by atoms with Crippen molar-refractivity contribution in [2.75, 3.05) is 38.8 Å². The Hall–Kier alpha value is -1.07. The quantitative estimate of drug-likeness (QED) is 0.819. The second-order valence-corrected chi connectivity index (χ2v) is 6.12. The maximum atomic E-state index is 5.81. The minimum Gasteiger partial charge on any atom is -0.383 e. The van der Waals surface area contributed by atoms with E-state index in [0.717, 1.165) is 18.2 Å². The number of rotatable bonds is 7. The highest BCUT2D eigenvalue weighted by Gasteiger charge is 2.22. The Morgan fingerprint density at radius 1 is 1.53 bits per heavy atom. The van der Waals surface area contributed by atoms with Crippen molar-refractivity contribution in [3.63, 3.8) is 0 Å². The monoisotopic (exact) mass is 268 g/mol. The van der Waals surface area contributed by atoms with Gasteiger partial charge in [0.2, 0.25) is 5.95 Å². The molecule has 1 unspecified atom stereocenters. The topological polar surface area (TPSA) is 56.3 Å². The smallest absolute Gasteiger partial charge is 0.205 e. The normalized spacial score (nSPS) is 13.6. The minimum absolute atomic E-state index is 0.0733. The molecule has 0 amide bonds. The van der Waals surface area contributed by atoms with Gasteiger partial charge in [0.05, 0.1) is 18.3 Å². The third kappa shape index (κ3) is 4.21. The highest BCUT2D eigenvalue weighted by atomic mass is 16.5. The molecule has 1 aromatic rings. The van der Waals surface area contributed by atoms with Crippen molar-refractivity contribution < 1.29 is 4.74 Å². The van der Waals surface area contributed by atoms with Gasteiger partial charge in [-0.15, -0.1) is 0 Å². The van der Waals surface area contributed by atoms with Crippen molar-refractivity contribution in [1.29, 1.82) is 0 Å². The first kappa shape index (κ1) is 16.0. The summed E-state index contributed by atoms with van der Waals surface area (Å²) in [7, 11) is 3.79. The highest BCUT2D eigenvalue weighted by Crippen LogP contribution is 2.23. The van der Waals surface area contributed by atoms with Crippen molar-refractivity contribution in [1.82, 2.24) is 9.55 Å². The second-order valence-electron chi connectivity index (χ2n) is 6.12. The zero-order valence-corrected chi connectivity index (χ0v) is 13.1. The van der Waals surface area contributed by atoms with Gasteiger partial charge < -0.3 is 19.9 Å².